The van der Waals surface area contributed by atoms with Crippen LogP contribution in [0.3, 0.4) is 0 Å². The van der Waals surface area contributed by atoms with Crippen LogP contribution in [0.1, 0.15) is 31.0 Å². The van der Waals surface area contributed by atoms with Crippen LogP contribution in [-0.4, -0.2) is 36.8 Å². The molecule has 1 N–H and O–H groups in total. The number of hydrogen-bond donors (Lipinski definition) is 1. The van der Waals surface area contributed by atoms with E-state index in [0.29, 0.717) is 24.1 Å². The first kappa shape index (κ1) is 20.3. The van der Waals surface area contributed by atoms with Crippen LogP contribution < -0.4 is 0 Å². The van der Waals surface area contributed by atoms with Gasteiger partial charge in [0.05, 0.1) is 18.6 Å². The molecule has 0 fully saturated rings. The quantitative estimate of drug-likeness (QED) is 0.393. The van der Waals surface area contributed by atoms with E-state index in [1.807, 2.05) is 22.8 Å². The van der Waals surface area contributed by atoms with Crippen molar-refractivity contribution >= 4 is 11.6 Å². The maximum absolute atomic E-state index is 6.26. The molecule has 0 amide bonds. The lowest BCUT2D eigenvalue weighted by atomic mass is 9.98. The zero-order valence-corrected chi connectivity index (χ0v) is 17.5. The molecule has 0 bridgehead atoms. The average Bonchev–Trinajstić information content (AvgIpc) is 3.43. The molecule has 2 heterocycles. The van der Waals surface area contributed by atoms with Crippen LogP contribution in [0.4, 0.5) is 0 Å². The Hall–Kier alpha value is -3.03. The topological polar surface area (TPSA) is 81.5 Å². The number of hydrogen-bond acceptors (Lipinski definition) is 5. The summed E-state index contributed by atoms with van der Waals surface area (Å²) >= 11 is 6.26. The van der Waals surface area contributed by atoms with Crippen molar-refractivity contribution in [3.05, 3.63) is 71.3 Å². The van der Waals surface area contributed by atoms with Crippen molar-refractivity contribution in [3.8, 4) is 22.5 Å². The second kappa shape index (κ2) is 9.65. The number of H-pyrrole nitrogens is 1. The summed E-state index contributed by atoms with van der Waals surface area (Å²) in [5.41, 5.74) is 5.18. The van der Waals surface area contributed by atoms with Gasteiger partial charge in [0.1, 0.15) is 0 Å². The van der Waals surface area contributed by atoms with Gasteiger partial charge in [-0.1, -0.05) is 73.5 Å². The van der Waals surface area contributed by atoms with Crippen LogP contribution in [-0.2, 0) is 17.9 Å². The Morgan fingerprint density at radius 1 is 1.07 bits per heavy atom. The molecule has 154 valence electrons. The van der Waals surface area contributed by atoms with E-state index in [4.69, 9.17) is 16.3 Å². The molecule has 0 saturated carbocycles. The Kier molecular flexibility index (Phi) is 6.51. The number of halogens is 1. The summed E-state index contributed by atoms with van der Waals surface area (Å²) in [5.74, 6) is 0.649. The zero-order valence-electron chi connectivity index (χ0n) is 16.8. The van der Waals surface area contributed by atoms with E-state index in [1.54, 1.807) is 6.33 Å². The van der Waals surface area contributed by atoms with Crippen molar-refractivity contribution in [2.24, 2.45) is 0 Å². The number of benzene rings is 2. The molecular weight excluding hydrogens is 400 g/mol. The number of aromatic amines is 1. The number of nitrogens with zero attached hydrogens (tertiary/aromatic N) is 5. The standard InChI is InChI=1S/C22H23ClN6O/c1-2-3-12-30-14-20-21(23)24-15-29(20)13-16-8-10-17(11-9-16)18-6-4-5-7-19(18)22-25-27-28-26-22/h4-11,15H,2-3,12-14H2,1H3,(H,25,26,27,28). The predicted molar refractivity (Wildman–Crippen MR) is 116 cm³/mol. The SMILES string of the molecule is CCCCOCc1c(Cl)ncn1Cc1ccc(-c2ccccc2-c2nnn[nH]2)cc1. The van der Waals surface area contributed by atoms with Crippen molar-refractivity contribution < 1.29 is 4.74 Å². The highest BCUT2D eigenvalue weighted by Crippen LogP contribution is 2.30. The molecule has 0 aliphatic heterocycles. The van der Waals surface area contributed by atoms with E-state index >= 15 is 0 Å². The van der Waals surface area contributed by atoms with Gasteiger partial charge in [-0.05, 0) is 33.5 Å². The van der Waals surface area contributed by atoms with Crippen molar-refractivity contribution in [3.63, 3.8) is 0 Å². The van der Waals surface area contributed by atoms with Gasteiger partial charge in [-0.3, -0.25) is 0 Å². The highest BCUT2D eigenvalue weighted by atomic mass is 35.5. The number of rotatable bonds is 9. The minimum atomic E-state index is 0.468. The number of imidazole rings is 1. The number of unbranched alkanes of at least 4 members (excludes halogenated alkanes) is 1. The van der Waals surface area contributed by atoms with Gasteiger partial charge in [-0.15, -0.1) is 5.10 Å². The van der Waals surface area contributed by atoms with E-state index in [0.717, 1.165) is 47.4 Å². The molecule has 0 spiro atoms. The average molecular weight is 423 g/mol. The minimum Gasteiger partial charge on any atom is -0.375 e. The first-order valence-electron chi connectivity index (χ1n) is 9.96. The highest BCUT2D eigenvalue weighted by Gasteiger charge is 2.12. The van der Waals surface area contributed by atoms with E-state index < -0.39 is 0 Å². The second-order valence-corrected chi connectivity index (χ2v) is 7.37. The largest absolute Gasteiger partial charge is 0.375 e. The van der Waals surface area contributed by atoms with E-state index in [1.165, 1.54) is 0 Å². The van der Waals surface area contributed by atoms with Crippen LogP contribution in [0.2, 0.25) is 5.15 Å². The number of nitrogens with one attached hydrogen (secondary N) is 1. The molecule has 2 aromatic carbocycles. The fourth-order valence-electron chi connectivity index (χ4n) is 3.28. The number of ether oxygens (including phenoxy) is 1. The third kappa shape index (κ3) is 4.58. The van der Waals surface area contributed by atoms with Gasteiger partial charge < -0.3 is 9.30 Å². The van der Waals surface area contributed by atoms with E-state index in [-0.39, 0.29) is 0 Å². The molecule has 0 atom stereocenters. The van der Waals surface area contributed by atoms with Gasteiger partial charge in [0, 0.05) is 18.7 Å². The third-order valence-electron chi connectivity index (χ3n) is 4.92. The van der Waals surface area contributed by atoms with Crippen LogP contribution in [0.15, 0.2) is 54.9 Å². The summed E-state index contributed by atoms with van der Waals surface area (Å²) in [7, 11) is 0. The Balaban J connectivity index is 1.51. The van der Waals surface area contributed by atoms with Crippen LogP contribution in [0.25, 0.3) is 22.5 Å². The van der Waals surface area contributed by atoms with Gasteiger partial charge in [-0.25, -0.2) is 10.1 Å². The Labute approximate surface area is 180 Å². The van der Waals surface area contributed by atoms with Gasteiger partial charge >= 0.3 is 0 Å². The fraction of sp³-hybridized carbons (Fsp3) is 0.273. The molecule has 0 saturated heterocycles. The van der Waals surface area contributed by atoms with Crippen molar-refractivity contribution in [2.45, 2.75) is 32.9 Å². The first-order valence-corrected chi connectivity index (χ1v) is 10.3. The molecule has 0 aliphatic rings. The molecule has 8 heteroatoms. The summed E-state index contributed by atoms with van der Waals surface area (Å²) in [4.78, 5) is 4.24. The van der Waals surface area contributed by atoms with Crippen molar-refractivity contribution in [1.82, 2.24) is 30.2 Å². The van der Waals surface area contributed by atoms with Gasteiger partial charge in [-0.2, -0.15) is 0 Å². The molecule has 4 rings (SSSR count). The lowest BCUT2D eigenvalue weighted by Crippen LogP contribution is -2.06. The fourth-order valence-corrected chi connectivity index (χ4v) is 3.48. The molecule has 2 aromatic heterocycles. The van der Waals surface area contributed by atoms with Gasteiger partial charge in [0.15, 0.2) is 11.0 Å². The normalized spacial score (nSPS) is 11.1. The highest BCUT2D eigenvalue weighted by molar-refractivity contribution is 6.30. The van der Waals surface area contributed by atoms with Gasteiger partial charge in [0.2, 0.25) is 0 Å². The van der Waals surface area contributed by atoms with E-state index in [9.17, 15) is 0 Å². The minimum absolute atomic E-state index is 0.468. The molecule has 30 heavy (non-hydrogen) atoms. The lowest BCUT2D eigenvalue weighted by molar-refractivity contribution is 0.113. The summed E-state index contributed by atoms with van der Waals surface area (Å²) < 4.78 is 7.78. The third-order valence-corrected chi connectivity index (χ3v) is 5.24. The molecule has 4 aromatic rings. The molecular formula is C22H23ClN6O. The first-order chi connectivity index (χ1) is 14.8. The van der Waals surface area contributed by atoms with Crippen molar-refractivity contribution in [2.75, 3.05) is 6.61 Å². The maximum Gasteiger partial charge on any atom is 0.180 e. The van der Waals surface area contributed by atoms with Crippen molar-refractivity contribution in [1.29, 1.82) is 0 Å². The number of aromatic nitrogens is 6. The predicted octanol–water partition coefficient (Wildman–Crippen LogP) is 4.75. The van der Waals surface area contributed by atoms with E-state index in [2.05, 4.69) is 62.9 Å². The molecule has 0 aliphatic carbocycles. The van der Waals surface area contributed by atoms with Crippen LogP contribution in [0, 0.1) is 0 Å². The Morgan fingerprint density at radius 2 is 1.87 bits per heavy atom. The summed E-state index contributed by atoms with van der Waals surface area (Å²) in [5, 5.41) is 14.7. The van der Waals surface area contributed by atoms with Crippen LogP contribution in [0.5, 0.6) is 0 Å². The lowest BCUT2D eigenvalue weighted by Gasteiger charge is -2.11. The molecule has 0 unspecified atom stereocenters. The number of tetrazole rings is 1. The Morgan fingerprint density at radius 3 is 2.60 bits per heavy atom. The van der Waals surface area contributed by atoms with Gasteiger partial charge in [0.25, 0.3) is 0 Å². The zero-order chi connectivity index (χ0) is 20.8. The monoisotopic (exact) mass is 422 g/mol. The molecule has 0 radical (unpaired) electrons. The second-order valence-electron chi connectivity index (χ2n) is 7.01. The van der Waals surface area contributed by atoms with Crippen LogP contribution >= 0.6 is 11.6 Å². The summed E-state index contributed by atoms with van der Waals surface area (Å²) in [6.07, 6.45) is 3.91. The summed E-state index contributed by atoms with van der Waals surface area (Å²) in [6.45, 7) is 4.02. The summed E-state index contributed by atoms with van der Waals surface area (Å²) in [6, 6.07) is 16.5. The smallest absolute Gasteiger partial charge is 0.180 e. The molecule has 7 nitrogen and oxygen atoms in total. The maximum atomic E-state index is 6.26. The Bertz CT molecular complexity index is 1080.